The summed E-state index contributed by atoms with van der Waals surface area (Å²) in [6, 6.07) is 16.0. The molecule has 15 nitrogen and oxygen atoms in total. The summed E-state index contributed by atoms with van der Waals surface area (Å²) in [6.07, 6.45) is -4.29. The quantitative estimate of drug-likeness (QED) is 0.110. The van der Waals surface area contributed by atoms with Crippen LogP contribution in [0.3, 0.4) is 0 Å². The third kappa shape index (κ3) is 7.14. The van der Waals surface area contributed by atoms with Crippen molar-refractivity contribution >= 4 is 36.5 Å². The Bertz CT molecular complexity index is 1720. The molecule has 4 aromatic rings. The molecule has 1 aliphatic heterocycles. The van der Waals surface area contributed by atoms with Crippen LogP contribution in [0.2, 0.25) is 0 Å². The van der Waals surface area contributed by atoms with Crippen LogP contribution in [0.25, 0.3) is 11.0 Å². The predicted octanol–water partition coefficient (Wildman–Crippen LogP) is 1.97. The van der Waals surface area contributed by atoms with E-state index in [-0.39, 0.29) is 40.6 Å². The smallest absolute Gasteiger partial charge is 0.459 e. The van der Waals surface area contributed by atoms with Crippen LogP contribution in [0.1, 0.15) is 34.9 Å². The second-order valence-corrected chi connectivity index (χ2v) is 12.1. The summed E-state index contributed by atoms with van der Waals surface area (Å²) in [5.74, 6) is -1.07. The minimum absolute atomic E-state index is 0.000503. The number of primary amides is 1. The van der Waals surface area contributed by atoms with E-state index in [2.05, 4.69) is 15.1 Å². The molecule has 1 saturated heterocycles. The summed E-state index contributed by atoms with van der Waals surface area (Å²) in [7, 11) is -4.33. The van der Waals surface area contributed by atoms with Gasteiger partial charge in [0.25, 0.3) is 5.91 Å². The Morgan fingerprint density at radius 1 is 1.09 bits per heavy atom. The van der Waals surface area contributed by atoms with Gasteiger partial charge < -0.3 is 40.2 Å². The van der Waals surface area contributed by atoms with Crippen LogP contribution in [-0.2, 0) is 30.0 Å². The third-order valence-electron chi connectivity index (χ3n) is 7.00. The second-order valence-electron chi connectivity index (χ2n) is 10.4. The molecule has 1 fully saturated rings. The molecule has 0 bridgehead atoms. The Hall–Kier alpha value is -4.37. The highest BCUT2D eigenvalue weighted by Crippen LogP contribution is 2.46. The number of nitrogens with two attached hydrogens (primary N) is 2. The van der Waals surface area contributed by atoms with Crippen LogP contribution in [0.5, 0.6) is 5.75 Å². The second kappa shape index (κ2) is 13.3. The lowest BCUT2D eigenvalue weighted by molar-refractivity contribution is -0.146. The van der Waals surface area contributed by atoms with Crippen molar-refractivity contribution in [1.82, 2.24) is 19.6 Å². The zero-order chi connectivity index (χ0) is 32.3. The number of aliphatic hydroxyl groups is 2. The van der Waals surface area contributed by atoms with Crippen molar-refractivity contribution in [2.45, 2.75) is 51.0 Å². The molecule has 6 atom stereocenters. The molecule has 2 aromatic heterocycles. The number of aliphatic hydroxyl groups excluding tert-OH is 2. The predicted molar refractivity (Wildman–Crippen MR) is 161 cm³/mol. The Balaban J connectivity index is 1.33. The number of ether oxygens (including phenoxy) is 2. The molecule has 7 N–H and O–H groups in total. The average Bonchev–Trinajstić information content (AvgIpc) is 3.53. The van der Waals surface area contributed by atoms with Gasteiger partial charge in [-0.05, 0) is 31.5 Å². The van der Waals surface area contributed by atoms with Gasteiger partial charge in [-0.15, -0.1) is 0 Å². The van der Waals surface area contributed by atoms with Crippen LogP contribution in [0.4, 0.5) is 5.82 Å². The fraction of sp³-hybridized carbons (Fsp3) is 0.310. The van der Waals surface area contributed by atoms with Crippen molar-refractivity contribution < 1.29 is 42.9 Å². The number of amides is 1. The van der Waals surface area contributed by atoms with Gasteiger partial charge in [-0.3, -0.25) is 14.1 Å². The summed E-state index contributed by atoms with van der Waals surface area (Å²) >= 11 is 0. The number of nitrogens with zero attached hydrogens (tertiary/aromatic N) is 3. The lowest BCUT2D eigenvalue weighted by Crippen LogP contribution is -2.37. The van der Waals surface area contributed by atoms with E-state index in [9.17, 15) is 24.4 Å². The number of hydrogen-bond donors (Lipinski definition) is 5. The van der Waals surface area contributed by atoms with E-state index in [1.54, 1.807) is 61.5 Å². The van der Waals surface area contributed by atoms with Crippen molar-refractivity contribution in [2.75, 3.05) is 12.3 Å². The van der Waals surface area contributed by atoms with Crippen LogP contribution in [0, 0.1) is 6.92 Å². The van der Waals surface area contributed by atoms with Gasteiger partial charge in [-0.1, -0.05) is 48.5 Å². The van der Waals surface area contributed by atoms with E-state index in [1.807, 2.05) is 6.07 Å². The Labute approximate surface area is 257 Å². The van der Waals surface area contributed by atoms with Crippen molar-refractivity contribution in [2.24, 2.45) is 5.73 Å². The molecule has 1 aliphatic rings. The Kier molecular flexibility index (Phi) is 9.48. The summed E-state index contributed by atoms with van der Waals surface area (Å²) in [6.45, 7) is 2.47. The molecule has 0 aliphatic carbocycles. The molecule has 0 saturated carbocycles. The maximum Gasteiger partial charge on any atom is 0.459 e. The number of hydrogen-bond acceptors (Lipinski definition) is 12. The van der Waals surface area contributed by atoms with Gasteiger partial charge in [0, 0.05) is 6.20 Å². The molecule has 238 valence electrons. The van der Waals surface area contributed by atoms with Gasteiger partial charge in [-0.25, -0.2) is 14.5 Å². The molecule has 0 radical (unpaired) electrons. The number of aromatic nitrogens is 3. The van der Waals surface area contributed by atoms with E-state index >= 15 is 0 Å². The summed E-state index contributed by atoms with van der Waals surface area (Å²) < 4.78 is 37.9. The highest BCUT2D eigenvalue weighted by molar-refractivity contribution is 7.52. The fourth-order valence-electron chi connectivity index (χ4n) is 4.79. The average molecular weight is 641 g/mol. The maximum absolute atomic E-state index is 13.9. The molecule has 45 heavy (non-hydrogen) atoms. The molecule has 16 heteroatoms. The first-order chi connectivity index (χ1) is 21.5. The summed E-state index contributed by atoms with van der Waals surface area (Å²) in [5.41, 5.74) is 12.5. The topological polar surface area (TPSA) is 223 Å². The lowest BCUT2D eigenvalue weighted by atomic mass is 10.1. The number of benzene rings is 2. The van der Waals surface area contributed by atoms with Crippen LogP contribution in [-0.4, -0.2) is 67.6 Å². The number of carbonyl (C=O) groups excluding carboxylic acids is 2. The number of esters is 1. The maximum atomic E-state index is 13.9. The minimum Gasteiger partial charge on any atom is -0.460 e. The Morgan fingerprint density at radius 3 is 2.42 bits per heavy atom. The zero-order valence-electron chi connectivity index (χ0n) is 24.3. The van der Waals surface area contributed by atoms with Crippen LogP contribution < -0.4 is 21.1 Å². The standard InChI is InChI=1S/C29H33N6O9P/c1-16(29(39)41-14-18-9-5-3-6-10-18)34-45(40,44-19-11-7-4-8-12-19)42-15-21-23(36)24(37)28(43-21)35-13-20(26(31)38)22-25(30)32-17(2)33-27(22)35/h3-13,16,21,23-24,28,36-37H,14-15H2,1-2H3,(H2,31,38)(H,34,40)(H2,30,32,33)/t16-,21+,23+,24+,28+,45?/m0/s1. The van der Waals surface area contributed by atoms with E-state index < -0.39 is 56.8 Å². The van der Waals surface area contributed by atoms with Gasteiger partial charge in [0.05, 0.1) is 17.6 Å². The number of anilines is 1. The van der Waals surface area contributed by atoms with Crippen molar-refractivity contribution in [1.29, 1.82) is 0 Å². The van der Waals surface area contributed by atoms with Crippen molar-refractivity contribution in [3.8, 4) is 5.75 Å². The SMILES string of the molecule is Cc1nc(N)c2c(C(N)=O)cn([C@@H]3O[C@H](COP(=O)(N[C@@H](C)C(=O)OCc4ccccc4)Oc4ccccc4)[C@@H](O)[C@H]3O)c2n1. The number of nitrogen functional groups attached to an aromatic ring is 1. The number of fused-ring (bicyclic) bond motifs is 1. The first kappa shape index (κ1) is 32.0. The number of rotatable bonds is 12. The third-order valence-corrected chi connectivity index (χ3v) is 8.64. The van der Waals surface area contributed by atoms with E-state index in [4.69, 9.17) is 30.0 Å². The van der Waals surface area contributed by atoms with Crippen molar-refractivity contribution in [3.05, 3.63) is 83.8 Å². The van der Waals surface area contributed by atoms with Gasteiger partial charge >= 0.3 is 13.7 Å². The number of carbonyl (C=O) groups is 2. The minimum atomic E-state index is -4.33. The first-order valence-electron chi connectivity index (χ1n) is 13.9. The van der Waals surface area contributed by atoms with E-state index in [0.717, 1.165) is 5.56 Å². The van der Waals surface area contributed by atoms with Gasteiger partial charge in [0.15, 0.2) is 6.23 Å². The lowest BCUT2D eigenvalue weighted by Gasteiger charge is -2.24. The van der Waals surface area contributed by atoms with Gasteiger partial charge in [0.1, 0.15) is 54.0 Å². The Morgan fingerprint density at radius 2 is 1.76 bits per heavy atom. The van der Waals surface area contributed by atoms with E-state index in [0.29, 0.717) is 0 Å². The molecule has 3 heterocycles. The highest BCUT2D eigenvalue weighted by Gasteiger charge is 2.46. The van der Waals surface area contributed by atoms with Gasteiger partial charge in [-0.2, -0.15) is 5.09 Å². The number of aryl methyl sites for hydroxylation is 1. The summed E-state index contributed by atoms with van der Waals surface area (Å²) in [5, 5.41) is 24.6. The monoisotopic (exact) mass is 640 g/mol. The molecule has 0 spiro atoms. The first-order valence-corrected chi connectivity index (χ1v) is 15.4. The van der Waals surface area contributed by atoms with Gasteiger partial charge in [0.2, 0.25) is 0 Å². The van der Waals surface area contributed by atoms with Crippen molar-refractivity contribution in [3.63, 3.8) is 0 Å². The van der Waals surface area contributed by atoms with Crippen LogP contribution in [0.15, 0.2) is 66.9 Å². The molecule has 1 unspecified atom stereocenters. The molecular formula is C29H33N6O9P. The van der Waals surface area contributed by atoms with Crippen LogP contribution >= 0.6 is 7.75 Å². The molecule has 5 rings (SSSR count). The largest absolute Gasteiger partial charge is 0.460 e. The molecular weight excluding hydrogens is 607 g/mol. The zero-order valence-corrected chi connectivity index (χ0v) is 25.2. The number of nitrogens with one attached hydrogen (secondary N) is 1. The summed E-state index contributed by atoms with van der Waals surface area (Å²) in [4.78, 5) is 33.3. The normalized spacial score (nSPS) is 21.7. The highest BCUT2D eigenvalue weighted by atomic mass is 31.2. The van der Waals surface area contributed by atoms with E-state index in [1.165, 1.54) is 17.7 Å². The number of para-hydroxylation sites is 1. The fourth-order valence-corrected chi connectivity index (χ4v) is 6.29. The molecule has 2 aromatic carbocycles. The molecule has 1 amide bonds.